The number of hydrogen-bond donors (Lipinski definition) is 0. The molecule has 0 heterocycles. The molecule has 0 saturated heterocycles. The molecule has 2 aromatic rings. The highest BCUT2D eigenvalue weighted by atomic mass is 32.2. The summed E-state index contributed by atoms with van der Waals surface area (Å²) in [5.74, 6) is 0. The lowest BCUT2D eigenvalue weighted by atomic mass is 10.1. The van der Waals surface area contributed by atoms with Gasteiger partial charge in [-0.15, -0.1) is 0 Å². The van der Waals surface area contributed by atoms with Gasteiger partial charge in [-0.2, -0.15) is 0 Å². The predicted octanol–water partition coefficient (Wildman–Crippen LogP) is 6.08. The van der Waals surface area contributed by atoms with Crippen LogP contribution in [0.15, 0.2) is 82.6 Å². The van der Waals surface area contributed by atoms with E-state index >= 15 is 0 Å². The Balaban J connectivity index is 1.97. The lowest BCUT2D eigenvalue weighted by molar-refractivity contribution is 1.23. The van der Waals surface area contributed by atoms with Crippen molar-refractivity contribution in [3.8, 4) is 0 Å². The van der Waals surface area contributed by atoms with Crippen LogP contribution in [0.2, 0.25) is 0 Å². The molecule has 0 bridgehead atoms. The Kier molecular flexibility index (Phi) is 6.36. The van der Waals surface area contributed by atoms with Gasteiger partial charge in [-0.3, -0.25) is 0 Å². The highest BCUT2D eigenvalue weighted by Crippen LogP contribution is 2.28. The van der Waals surface area contributed by atoms with Crippen LogP contribution in [0.1, 0.15) is 25.0 Å². The minimum absolute atomic E-state index is 1.01. The molecule has 0 saturated carbocycles. The van der Waals surface area contributed by atoms with Gasteiger partial charge in [-0.1, -0.05) is 60.3 Å². The van der Waals surface area contributed by atoms with Gasteiger partial charge in [-0.05, 0) is 62.1 Å². The van der Waals surface area contributed by atoms with Gasteiger partial charge in [0.15, 0.2) is 0 Å². The molecule has 0 radical (unpaired) electrons. The molecule has 0 spiro atoms. The van der Waals surface area contributed by atoms with Crippen LogP contribution in [-0.4, -0.2) is 0 Å². The molecule has 108 valence electrons. The number of allylic oxidation sites excluding steroid dienone is 4. The summed E-state index contributed by atoms with van der Waals surface area (Å²) in [4.78, 5) is 2.58. The van der Waals surface area contributed by atoms with Gasteiger partial charge in [0.1, 0.15) is 0 Å². The highest BCUT2D eigenvalue weighted by Gasteiger charge is 1.98. The number of benzene rings is 2. The van der Waals surface area contributed by atoms with Crippen LogP contribution >= 0.6 is 11.8 Å². The molecule has 0 unspecified atom stereocenters. The van der Waals surface area contributed by atoms with E-state index in [1.807, 2.05) is 11.8 Å². The Morgan fingerprint density at radius 2 is 1.05 bits per heavy atom. The van der Waals surface area contributed by atoms with Gasteiger partial charge in [0.25, 0.3) is 0 Å². The summed E-state index contributed by atoms with van der Waals surface area (Å²) in [6.45, 7) is 4.12. The first-order valence-electron chi connectivity index (χ1n) is 7.40. The third kappa shape index (κ3) is 5.28. The molecule has 0 amide bonds. The Morgan fingerprint density at radius 1 is 0.667 bits per heavy atom. The van der Waals surface area contributed by atoms with E-state index < -0.39 is 0 Å². The van der Waals surface area contributed by atoms with E-state index in [-0.39, 0.29) is 0 Å². The molecule has 2 rings (SSSR count). The smallest absolute Gasteiger partial charge is 0.0122 e. The maximum Gasteiger partial charge on any atom is 0.0122 e. The monoisotopic (exact) mass is 294 g/mol. The Hall–Kier alpha value is -1.73. The maximum absolute atomic E-state index is 2.21. The van der Waals surface area contributed by atoms with Crippen LogP contribution in [0, 0.1) is 0 Å². The largest absolute Gasteiger partial charge is 0.0913 e. The van der Waals surface area contributed by atoms with Crippen molar-refractivity contribution in [2.75, 3.05) is 0 Å². The van der Waals surface area contributed by atoms with Crippen LogP contribution in [-0.2, 0) is 12.8 Å². The Bertz CT molecular complexity index is 533. The van der Waals surface area contributed by atoms with Crippen LogP contribution in [0.3, 0.4) is 0 Å². The van der Waals surface area contributed by atoms with E-state index in [2.05, 4.69) is 86.7 Å². The summed E-state index contributed by atoms with van der Waals surface area (Å²) in [7, 11) is 0. The molecular weight excluding hydrogens is 272 g/mol. The van der Waals surface area contributed by atoms with Crippen LogP contribution < -0.4 is 0 Å². The van der Waals surface area contributed by atoms with E-state index in [0.717, 1.165) is 12.8 Å². The van der Waals surface area contributed by atoms with Crippen molar-refractivity contribution in [3.05, 3.63) is 84.0 Å². The molecule has 0 aliphatic rings. The zero-order valence-corrected chi connectivity index (χ0v) is 13.6. The van der Waals surface area contributed by atoms with Crippen molar-refractivity contribution in [1.82, 2.24) is 0 Å². The molecular formula is C20H22S. The van der Waals surface area contributed by atoms with Crippen LogP contribution in [0.4, 0.5) is 0 Å². The minimum atomic E-state index is 1.01. The van der Waals surface area contributed by atoms with E-state index in [0.29, 0.717) is 0 Å². The zero-order valence-electron chi connectivity index (χ0n) is 12.8. The summed E-state index contributed by atoms with van der Waals surface area (Å²) in [5.41, 5.74) is 2.72. The van der Waals surface area contributed by atoms with Crippen molar-refractivity contribution < 1.29 is 0 Å². The zero-order chi connectivity index (χ0) is 14.9. The fourth-order valence-electron chi connectivity index (χ4n) is 2.03. The summed E-state index contributed by atoms with van der Waals surface area (Å²) in [6.07, 6.45) is 10.6. The van der Waals surface area contributed by atoms with Crippen molar-refractivity contribution in [1.29, 1.82) is 0 Å². The molecule has 0 N–H and O–H groups in total. The highest BCUT2D eigenvalue weighted by molar-refractivity contribution is 7.99. The van der Waals surface area contributed by atoms with Gasteiger partial charge in [0.05, 0.1) is 0 Å². The van der Waals surface area contributed by atoms with E-state index in [4.69, 9.17) is 0 Å². The van der Waals surface area contributed by atoms with Crippen molar-refractivity contribution >= 4 is 11.8 Å². The molecule has 0 aliphatic carbocycles. The topological polar surface area (TPSA) is 0 Å². The SMILES string of the molecule is CC=CCc1ccc(Sc2ccc(CC=CC)cc2)cc1. The normalized spacial score (nSPS) is 11.5. The van der Waals surface area contributed by atoms with Crippen LogP contribution in [0.5, 0.6) is 0 Å². The van der Waals surface area contributed by atoms with Gasteiger partial charge >= 0.3 is 0 Å². The first-order valence-corrected chi connectivity index (χ1v) is 8.21. The van der Waals surface area contributed by atoms with E-state index in [1.165, 1.54) is 20.9 Å². The second-order valence-electron chi connectivity index (χ2n) is 4.94. The third-order valence-corrected chi connectivity index (χ3v) is 4.28. The summed E-state index contributed by atoms with van der Waals surface area (Å²) >= 11 is 1.82. The Morgan fingerprint density at radius 3 is 1.38 bits per heavy atom. The van der Waals surface area contributed by atoms with E-state index in [1.54, 1.807) is 0 Å². The average Bonchev–Trinajstić information content (AvgIpc) is 2.53. The molecule has 21 heavy (non-hydrogen) atoms. The number of hydrogen-bond acceptors (Lipinski definition) is 1. The van der Waals surface area contributed by atoms with Crippen molar-refractivity contribution in [2.24, 2.45) is 0 Å². The third-order valence-electron chi connectivity index (χ3n) is 3.26. The summed E-state index contributed by atoms with van der Waals surface area (Å²) in [6, 6.07) is 17.7. The first-order chi connectivity index (χ1) is 10.3. The fourth-order valence-corrected chi connectivity index (χ4v) is 2.85. The van der Waals surface area contributed by atoms with Crippen molar-refractivity contribution in [3.63, 3.8) is 0 Å². The molecule has 0 aliphatic heterocycles. The first kappa shape index (κ1) is 15.7. The van der Waals surface area contributed by atoms with Gasteiger partial charge < -0.3 is 0 Å². The molecule has 1 heteroatoms. The lowest BCUT2D eigenvalue weighted by Gasteiger charge is -2.04. The second-order valence-corrected chi connectivity index (χ2v) is 6.08. The molecule has 0 aromatic heterocycles. The molecule has 0 nitrogen and oxygen atoms in total. The van der Waals surface area contributed by atoms with Crippen molar-refractivity contribution in [2.45, 2.75) is 36.5 Å². The maximum atomic E-state index is 2.21. The molecule has 0 atom stereocenters. The van der Waals surface area contributed by atoms with Gasteiger partial charge in [0, 0.05) is 9.79 Å². The van der Waals surface area contributed by atoms with Crippen LogP contribution in [0.25, 0.3) is 0 Å². The van der Waals surface area contributed by atoms with E-state index in [9.17, 15) is 0 Å². The second kappa shape index (κ2) is 8.53. The average molecular weight is 294 g/mol. The fraction of sp³-hybridized carbons (Fsp3) is 0.200. The Labute approximate surface area is 132 Å². The quantitative estimate of drug-likeness (QED) is 0.582. The standard InChI is InChI=1S/C20H22S/c1-3-5-7-17-9-13-19(14-10-17)21-20-15-11-18(12-16-20)8-6-4-2/h3-6,9-16H,7-8H2,1-2H3. The predicted molar refractivity (Wildman–Crippen MR) is 94.0 cm³/mol. The lowest BCUT2D eigenvalue weighted by Crippen LogP contribution is -1.82. The summed E-state index contributed by atoms with van der Waals surface area (Å²) in [5, 5.41) is 0. The van der Waals surface area contributed by atoms with Gasteiger partial charge in [-0.25, -0.2) is 0 Å². The summed E-state index contributed by atoms with van der Waals surface area (Å²) < 4.78 is 0. The number of rotatable bonds is 6. The molecule has 2 aromatic carbocycles. The molecule has 0 fully saturated rings. The van der Waals surface area contributed by atoms with Gasteiger partial charge in [0.2, 0.25) is 0 Å². The minimum Gasteiger partial charge on any atom is -0.0913 e.